The van der Waals surface area contributed by atoms with Crippen molar-refractivity contribution in [2.45, 2.75) is 6.42 Å². The fourth-order valence-electron chi connectivity index (χ4n) is 1.72. The van der Waals surface area contributed by atoms with E-state index < -0.39 is 0 Å². The highest BCUT2D eigenvalue weighted by atomic mass is 16.5. The normalized spacial score (nSPS) is 17.2. The van der Waals surface area contributed by atoms with E-state index in [1.807, 2.05) is 6.07 Å². The lowest BCUT2D eigenvalue weighted by atomic mass is 10.3. The third-order valence-corrected chi connectivity index (χ3v) is 2.60. The summed E-state index contributed by atoms with van der Waals surface area (Å²) < 4.78 is 5.30. The van der Waals surface area contributed by atoms with Crippen molar-refractivity contribution in [3.05, 3.63) is 18.5 Å². The maximum Gasteiger partial charge on any atom is 0.222 e. The molecule has 0 amide bonds. The SMILES string of the molecule is c1cnc(NCCCN2CCOCC2)nc1. The minimum Gasteiger partial charge on any atom is -0.379 e. The molecule has 1 N–H and O–H groups in total. The topological polar surface area (TPSA) is 50.3 Å². The van der Waals surface area contributed by atoms with Crippen LogP contribution in [0, 0.1) is 0 Å². The minimum atomic E-state index is 0.712. The van der Waals surface area contributed by atoms with Gasteiger partial charge in [-0.25, -0.2) is 9.97 Å². The van der Waals surface area contributed by atoms with E-state index in [9.17, 15) is 0 Å². The zero-order valence-corrected chi connectivity index (χ0v) is 9.43. The summed E-state index contributed by atoms with van der Waals surface area (Å²) in [6.45, 7) is 5.89. The van der Waals surface area contributed by atoms with Crippen molar-refractivity contribution in [1.82, 2.24) is 14.9 Å². The first-order chi connectivity index (χ1) is 7.95. The lowest BCUT2D eigenvalue weighted by molar-refractivity contribution is 0.0378. The Morgan fingerprint density at radius 3 is 2.75 bits per heavy atom. The molecule has 16 heavy (non-hydrogen) atoms. The quantitative estimate of drug-likeness (QED) is 0.740. The van der Waals surface area contributed by atoms with Crippen LogP contribution in [0.4, 0.5) is 5.95 Å². The second-order valence-corrected chi connectivity index (χ2v) is 3.81. The summed E-state index contributed by atoms with van der Waals surface area (Å²) >= 11 is 0. The van der Waals surface area contributed by atoms with Crippen molar-refractivity contribution < 1.29 is 4.74 Å². The molecule has 1 fully saturated rings. The number of nitrogens with zero attached hydrogens (tertiary/aromatic N) is 3. The molecule has 1 aliphatic heterocycles. The Balaban J connectivity index is 1.58. The van der Waals surface area contributed by atoms with Gasteiger partial charge in [-0.2, -0.15) is 0 Å². The Morgan fingerprint density at radius 1 is 1.25 bits per heavy atom. The molecule has 5 heteroatoms. The number of anilines is 1. The fraction of sp³-hybridized carbons (Fsp3) is 0.636. The van der Waals surface area contributed by atoms with Gasteiger partial charge in [0.25, 0.3) is 0 Å². The molecule has 1 aromatic heterocycles. The standard InChI is InChI=1S/C11H18N4O/c1-3-12-11(13-4-1)14-5-2-6-15-7-9-16-10-8-15/h1,3-4H,2,5-10H2,(H,12,13,14). The maximum absolute atomic E-state index is 5.30. The zero-order chi connectivity index (χ0) is 11.1. The summed E-state index contributed by atoms with van der Waals surface area (Å²) in [6, 6.07) is 1.82. The van der Waals surface area contributed by atoms with Crippen molar-refractivity contribution >= 4 is 5.95 Å². The molecule has 0 unspecified atom stereocenters. The molecule has 2 heterocycles. The highest BCUT2D eigenvalue weighted by molar-refractivity contribution is 5.21. The molecule has 0 atom stereocenters. The number of hydrogen-bond donors (Lipinski definition) is 1. The van der Waals surface area contributed by atoms with Crippen molar-refractivity contribution in [1.29, 1.82) is 0 Å². The van der Waals surface area contributed by atoms with Crippen LogP contribution in [0.15, 0.2) is 18.5 Å². The molecule has 88 valence electrons. The van der Waals surface area contributed by atoms with Gasteiger partial charge in [-0.3, -0.25) is 4.90 Å². The molecule has 0 spiro atoms. The molecule has 5 nitrogen and oxygen atoms in total. The third kappa shape index (κ3) is 3.75. The second kappa shape index (κ2) is 6.40. The summed E-state index contributed by atoms with van der Waals surface area (Å²) in [6.07, 6.45) is 4.60. The first kappa shape index (κ1) is 11.3. The Bertz CT molecular complexity index is 287. The Morgan fingerprint density at radius 2 is 2.00 bits per heavy atom. The van der Waals surface area contributed by atoms with Crippen LogP contribution in [0.2, 0.25) is 0 Å². The molecular weight excluding hydrogens is 204 g/mol. The Hall–Kier alpha value is -1.20. The molecule has 0 aromatic carbocycles. The van der Waals surface area contributed by atoms with Gasteiger partial charge < -0.3 is 10.1 Å². The highest BCUT2D eigenvalue weighted by Gasteiger charge is 2.08. The van der Waals surface area contributed by atoms with E-state index >= 15 is 0 Å². The predicted octanol–water partition coefficient (Wildman–Crippen LogP) is 0.611. The Kier molecular flexibility index (Phi) is 4.51. The van der Waals surface area contributed by atoms with Crippen LogP contribution in [-0.4, -0.2) is 54.3 Å². The van der Waals surface area contributed by atoms with Crippen LogP contribution in [0.5, 0.6) is 0 Å². The van der Waals surface area contributed by atoms with Gasteiger partial charge >= 0.3 is 0 Å². The van der Waals surface area contributed by atoms with Crippen molar-refractivity contribution in [2.75, 3.05) is 44.7 Å². The predicted molar refractivity (Wildman–Crippen MR) is 62.4 cm³/mol. The molecular formula is C11H18N4O. The molecule has 2 rings (SSSR count). The lowest BCUT2D eigenvalue weighted by Crippen LogP contribution is -2.37. The van der Waals surface area contributed by atoms with Crippen LogP contribution >= 0.6 is 0 Å². The smallest absolute Gasteiger partial charge is 0.222 e. The molecule has 1 aromatic rings. The number of nitrogens with one attached hydrogen (secondary N) is 1. The van der Waals surface area contributed by atoms with E-state index in [1.165, 1.54) is 0 Å². The summed E-state index contributed by atoms with van der Waals surface area (Å²) in [4.78, 5) is 10.6. The Labute approximate surface area is 95.8 Å². The van der Waals surface area contributed by atoms with E-state index in [0.717, 1.165) is 45.8 Å². The van der Waals surface area contributed by atoms with Crippen LogP contribution in [-0.2, 0) is 4.74 Å². The average molecular weight is 222 g/mol. The summed E-state index contributed by atoms with van der Waals surface area (Å²) in [5.74, 6) is 0.712. The molecule has 1 aliphatic rings. The van der Waals surface area contributed by atoms with Crippen LogP contribution in [0.3, 0.4) is 0 Å². The number of morpholine rings is 1. The maximum atomic E-state index is 5.30. The zero-order valence-electron chi connectivity index (χ0n) is 9.43. The molecule has 1 saturated heterocycles. The van der Waals surface area contributed by atoms with E-state index in [4.69, 9.17) is 4.74 Å². The van der Waals surface area contributed by atoms with Crippen LogP contribution in [0.1, 0.15) is 6.42 Å². The largest absolute Gasteiger partial charge is 0.379 e. The first-order valence-electron chi connectivity index (χ1n) is 5.76. The van der Waals surface area contributed by atoms with Crippen LogP contribution in [0.25, 0.3) is 0 Å². The van der Waals surface area contributed by atoms with E-state index in [-0.39, 0.29) is 0 Å². The van der Waals surface area contributed by atoms with E-state index in [0.29, 0.717) is 5.95 Å². The molecule has 0 saturated carbocycles. The lowest BCUT2D eigenvalue weighted by Gasteiger charge is -2.26. The van der Waals surface area contributed by atoms with Crippen LogP contribution < -0.4 is 5.32 Å². The van der Waals surface area contributed by atoms with Gasteiger partial charge in [0.2, 0.25) is 5.95 Å². The second-order valence-electron chi connectivity index (χ2n) is 3.81. The number of aromatic nitrogens is 2. The van der Waals surface area contributed by atoms with Crippen molar-refractivity contribution in [2.24, 2.45) is 0 Å². The van der Waals surface area contributed by atoms with Gasteiger partial charge in [0, 0.05) is 32.0 Å². The summed E-state index contributed by atoms with van der Waals surface area (Å²) in [5, 5.41) is 3.20. The van der Waals surface area contributed by atoms with Crippen molar-refractivity contribution in [3.63, 3.8) is 0 Å². The van der Waals surface area contributed by atoms with Crippen molar-refractivity contribution in [3.8, 4) is 0 Å². The highest BCUT2D eigenvalue weighted by Crippen LogP contribution is 1.99. The minimum absolute atomic E-state index is 0.712. The summed E-state index contributed by atoms with van der Waals surface area (Å²) in [7, 11) is 0. The number of ether oxygens (including phenoxy) is 1. The van der Waals surface area contributed by atoms with Gasteiger partial charge in [-0.15, -0.1) is 0 Å². The average Bonchev–Trinajstić information content (AvgIpc) is 2.37. The van der Waals surface area contributed by atoms with Gasteiger partial charge in [-0.1, -0.05) is 0 Å². The fourth-order valence-corrected chi connectivity index (χ4v) is 1.72. The van der Waals surface area contributed by atoms with Gasteiger partial charge in [-0.05, 0) is 19.0 Å². The molecule has 0 aliphatic carbocycles. The number of hydrogen-bond acceptors (Lipinski definition) is 5. The molecule has 0 radical (unpaired) electrons. The monoisotopic (exact) mass is 222 g/mol. The van der Waals surface area contributed by atoms with E-state index in [1.54, 1.807) is 12.4 Å². The molecule has 0 bridgehead atoms. The number of rotatable bonds is 5. The van der Waals surface area contributed by atoms with Gasteiger partial charge in [0.1, 0.15) is 0 Å². The van der Waals surface area contributed by atoms with E-state index in [2.05, 4.69) is 20.2 Å². The van der Waals surface area contributed by atoms with Gasteiger partial charge in [0.05, 0.1) is 13.2 Å². The third-order valence-electron chi connectivity index (χ3n) is 2.60. The summed E-state index contributed by atoms with van der Waals surface area (Å²) in [5.41, 5.74) is 0. The van der Waals surface area contributed by atoms with Gasteiger partial charge in [0.15, 0.2) is 0 Å². The first-order valence-corrected chi connectivity index (χ1v) is 5.76.